The van der Waals surface area contributed by atoms with E-state index in [1.165, 1.54) is 18.5 Å². The minimum atomic E-state index is -0.211. The Morgan fingerprint density at radius 2 is 1.85 bits per heavy atom. The number of nitrogens with zero attached hydrogens (tertiary/aromatic N) is 4. The Morgan fingerprint density at radius 1 is 1.06 bits per heavy atom. The summed E-state index contributed by atoms with van der Waals surface area (Å²) in [4.78, 5) is 25.5. The molecule has 0 saturated carbocycles. The lowest BCUT2D eigenvalue weighted by Gasteiger charge is -2.38. The third kappa shape index (κ3) is 4.52. The molecule has 2 aliphatic rings. The second kappa shape index (κ2) is 9.15. The predicted octanol–water partition coefficient (Wildman–Crippen LogP) is 3.58. The van der Waals surface area contributed by atoms with Crippen LogP contribution in [0.1, 0.15) is 34.5 Å². The minimum absolute atomic E-state index is 0.0715. The molecule has 0 radical (unpaired) electrons. The number of aromatic nitrogens is 2. The molecule has 0 aliphatic carbocycles. The van der Waals surface area contributed by atoms with E-state index in [1.807, 2.05) is 36.4 Å². The molecule has 1 unspecified atom stereocenters. The first-order chi connectivity index (χ1) is 16.1. The van der Waals surface area contributed by atoms with Crippen molar-refractivity contribution in [3.05, 3.63) is 77.4 Å². The van der Waals surface area contributed by atoms with Gasteiger partial charge in [0.2, 0.25) is 5.88 Å². The fourth-order valence-corrected chi connectivity index (χ4v) is 4.49. The largest absolute Gasteiger partial charge is 0.439 e. The third-order valence-electron chi connectivity index (χ3n) is 6.42. The molecule has 5 rings (SSSR count). The lowest BCUT2D eigenvalue weighted by Crippen LogP contribution is -2.47. The SMILES string of the molecule is CC(c1ccc(F)cc1)N1CCN(c2cc(Oc3cccc4c3CCNC4=O)ncn2)CC1. The molecule has 0 spiro atoms. The second-order valence-corrected chi connectivity index (χ2v) is 8.36. The van der Waals surface area contributed by atoms with Gasteiger partial charge in [0.15, 0.2) is 0 Å². The highest BCUT2D eigenvalue weighted by Gasteiger charge is 2.24. The first-order valence-corrected chi connectivity index (χ1v) is 11.2. The van der Waals surface area contributed by atoms with Crippen molar-refractivity contribution in [2.75, 3.05) is 37.6 Å². The minimum Gasteiger partial charge on any atom is -0.439 e. The molecule has 33 heavy (non-hydrogen) atoms. The molecule has 7 nitrogen and oxygen atoms in total. The van der Waals surface area contributed by atoms with Gasteiger partial charge in [0, 0.05) is 56.0 Å². The van der Waals surface area contributed by atoms with Crippen LogP contribution in [0.2, 0.25) is 0 Å². The van der Waals surface area contributed by atoms with Crippen LogP contribution in [0.25, 0.3) is 0 Å². The summed E-state index contributed by atoms with van der Waals surface area (Å²) in [5.74, 6) is 1.65. The number of amides is 1. The summed E-state index contributed by atoms with van der Waals surface area (Å²) in [5.41, 5.74) is 2.67. The van der Waals surface area contributed by atoms with Gasteiger partial charge in [0.05, 0.1) is 0 Å². The average molecular weight is 448 g/mol. The smallest absolute Gasteiger partial charge is 0.251 e. The number of carbonyl (C=O) groups is 1. The van der Waals surface area contributed by atoms with E-state index in [0.717, 1.165) is 49.5 Å². The van der Waals surface area contributed by atoms with E-state index in [0.29, 0.717) is 23.7 Å². The number of carbonyl (C=O) groups excluding carboxylic acids is 1. The van der Waals surface area contributed by atoms with Crippen molar-refractivity contribution in [2.24, 2.45) is 0 Å². The Balaban J connectivity index is 1.26. The highest BCUT2D eigenvalue weighted by atomic mass is 19.1. The molecule has 3 heterocycles. The normalized spacial score (nSPS) is 17.3. The van der Waals surface area contributed by atoms with Gasteiger partial charge >= 0.3 is 0 Å². The van der Waals surface area contributed by atoms with Gasteiger partial charge in [-0.2, -0.15) is 0 Å². The van der Waals surface area contributed by atoms with Crippen LogP contribution in [0.3, 0.4) is 0 Å². The van der Waals surface area contributed by atoms with Gasteiger partial charge in [-0.25, -0.2) is 14.4 Å². The molecule has 1 aromatic heterocycles. The summed E-state index contributed by atoms with van der Waals surface area (Å²) in [6, 6.07) is 14.3. The number of piperazine rings is 1. The fourth-order valence-electron chi connectivity index (χ4n) is 4.49. The van der Waals surface area contributed by atoms with Gasteiger partial charge < -0.3 is 15.0 Å². The molecule has 0 bridgehead atoms. The first-order valence-electron chi connectivity index (χ1n) is 11.2. The monoisotopic (exact) mass is 447 g/mol. The van der Waals surface area contributed by atoms with Gasteiger partial charge in [-0.05, 0) is 43.2 Å². The number of benzene rings is 2. The van der Waals surface area contributed by atoms with Crippen molar-refractivity contribution in [2.45, 2.75) is 19.4 Å². The number of nitrogens with one attached hydrogen (secondary N) is 1. The Morgan fingerprint density at radius 3 is 2.64 bits per heavy atom. The van der Waals surface area contributed by atoms with E-state index in [2.05, 4.69) is 32.0 Å². The number of rotatable bonds is 5. The van der Waals surface area contributed by atoms with Gasteiger partial charge in [-0.3, -0.25) is 9.69 Å². The van der Waals surface area contributed by atoms with E-state index in [4.69, 9.17) is 4.74 Å². The maximum Gasteiger partial charge on any atom is 0.251 e. The van der Waals surface area contributed by atoms with Crippen LogP contribution in [-0.2, 0) is 6.42 Å². The van der Waals surface area contributed by atoms with Crippen molar-refractivity contribution >= 4 is 11.7 Å². The molecule has 2 aromatic carbocycles. The standard InChI is InChI=1S/C25H26FN5O2/c1-17(18-5-7-19(26)8-6-18)30-11-13-31(14-12-30)23-15-24(29-16-28-23)33-22-4-2-3-21-20(22)9-10-27-25(21)32/h2-8,15-17H,9-14H2,1H3,(H,27,32). The second-order valence-electron chi connectivity index (χ2n) is 8.36. The Labute approximate surface area is 192 Å². The topological polar surface area (TPSA) is 70.6 Å². The van der Waals surface area contributed by atoms with Crippen LogP contribution in [-0.4, -0.2) is 53.5 Å². The average Bonchev–Trinajstić information content (AvgIpc) is 2.85. The zero-order valence-corrected chi connectivity index (χ0v) is 18.5. The zero-order chi connectivity index (χ0) is 22.8. The number of hydrogen-bond donors (Lipinski definition) is 1. The summed E-state index contributed by atoms with van der Waals surface area (Å²) in [5, 5.41) is 2.86. The van der Waals surface area contributed by atoms with Crippen molar-refractivity contribution in [1.29, 1.82) is 0 Å². The van der Waals surface area contributed by atoms with E-state index >= 15 is 0 Å². The molecule has 2 aliphatic heterocycles. The van der Waals surface area contributed by atoms with Gasteiger partial charge in [-0.1, -0.05) is 18.2 Å². The number of hydrogen-bond acceptors (Lipinski definition) is 6. The molecular weight excluding hydrogens is 421 g/mol. The van der Waals surface area contributed by atoms with Gasteiger partial charge in [0.25, 0.3) is 5.91 Å². The molecule has 8 heteroatoms. The fraction of sp³-hybridized carbons (Fsp3) is 0.320. The Bertz CT molecular complexity index is 1150. The molecule has 1 amide bonds. The highest BCUT2D eigenvalue weighted by Crippen LogP contribution is 2.30. The zero-order valence-electron chi connectivity index (χ0n) is 18.5. The molecular formula is C25H26FN5O2. The van der Waals surface area contributed by atoms with Crippen LogP contribution in [0.5, 0.6) is 11.6 Å². The molecule has 1 N–H and O–H groups in total. The van der Waals surface area contributed by atoms with Crippen molar-refractivity contribution < 1.29 is 13.9 Å². The number of anilines is 1. The van der Waals surface area contributed by atoms with Crippen LogP contribution in [0, 0.1) is 5.82 Å². The summed E-state index contributed by atoms with van der Waals surface area (Å²) in [7, 11) is 0. The number of ether oxygens (including phenoxy) is 1. The van der Waals surface area contributed by atoms with Crippen molar-refractivity contribution in [1.82, 2.24) is 20.2 Å². The summed E-state index contributed by atoms with van der Waals surface area (Å²) >= 11 is 0. The summed E-state index contributed by atoms with van der Waals surface area (Å²) in [6.07, 6.45) is 2.24. The summed E-state index contributed by atoms with van der Waals surface area (Å²) in [6.45, 7) is 6.15. The molecule has 3 aromatic rings. The van der Waals surface area contributed by atoms with Crippen LogP contribution >= 0.6 is 0 Å². The number of fused-ring (bicyclic) bond motifs is 1. The Kier molecular flexibility index (Phi) is 5.92. The summed E-state index contributed by atoms with van der Waals surface area (Å²) < 4.78 is 19.3. The molecule has 1 saturated heterocycles. The first kappa shape index (κ1) is 21.3. The molecule has 1 atom stereocenters. The predicted molar refractivity (Wildman–Crippen MR) is 123 cm³/mol. The van der Waals surface area contributed by atoms with Gasteiger partial charge in [-0.15, -0.1) is 0 Å². The maximum absolute atomic E-state index is 13.2. The molecule has 170 valence electrons. The lowest BCUT2D eigenvalue weighted by atomic mass is 9.99. The molecule has 1 fully saturated rings. The van der Waals surface area contributed by atoms with E-state index in [9.17, 15) is 9.18 Å². The van der Waals surface area contributed by atoms with Crippen molar-refractivity contribution in [3.63, 3.8) is 0 Å². The van der Waals surface area contributed by atoms with E-state index < -0.39 is 0 Å². The van der Waals surface area contributed by atoms with E-state index in [1.54, 1.807) is 0 Å². The lowest BCUT2D eigenvalue weighted by molar-refractivity contribution is 0.0945. The van der Waals surface area contributed by atoms with Crippen molar-refractivity contribution in [3.8, 4) is 11.6 Å². The van der Waals surface area contributed by atoms with E-state index in [-0.39, 0.29) is 17.8 Å². The third-order valence-corrected chi connectivity index (χ3v) is 6.42. The van der Waals surface area contributed by atoms with Crippen LogP contribution in [0.15, 0.2) is 54.9 Å². The maximum atomic E-state index is 13.2. The van der Waals surface area contributed by atoms with Crippen LogP contribution < -0.4 is 15.0 Å². The quantitative estimate of drug-likeness (QED) is 0.645. The van der Waals surface area contributed by atoms with Gasteiger partial charge in [0.1, 0.15) is 23.7 Å². The highest BCUT2D eigenvalue weighted by molar-refractivity contribution is 5.97. The Hall–Kier alpha value is -3.52. The number of halogens is 1. The van der Waals surface area contributed by atoms with Crippen LogP contribution in [0.4, 0.5) is 10.2 Å².